The fraction of sp³-hybridized carbons (Fsp3) is 0.889. The smallest absolute Gasteiger partial charge is 0.236 e. The zero-order valence-corrected chi connectivity index (χ0v) is 9.61. The lowest BCUT2D eigenvalue weighted by Crippen LogP contribution is -2.41. The predicted octanol–water partition coefficient (Wildman–Crippen LogP) is -0.0781. The lowest BCUT2D eigenvalue weighted by atomic mass is 10.2. The number of hydrogen-bond donors (Lipinski definition) is 3. The lowest BCUT2D eigenvalue weighted by molar-refractivity contribution is -0.122. The van der Waals surface area contributed by atoms with Crippen molar-refractivity contribution in [3.05, 3.63) is 0 Å². The van der Waals surface area contributed by atoms with Crippen LogP contribution in [0.3, 0.4) is 0 Å². The van der Waals surface area contributed by atoms with Gasteiger partial charge in [-0.15, -0.1) is 0 Å². The lowest BCUT2D eigenvalue weighted by Gasteiger charge is -2.11. The number of rotatable bonds is 8. The molecule has 0 aliphatic heterocycles. The van der Waals surface area contributed by atoms with Gasteiger partial charge in [-0.1, -0.05) is 0 Å². The van der Waals surface area contributed by atoms with E-state index in [0.717, 1.165) is 25.0 Å². The van der Waals surface area contributed by atoms with Gasteiger partial charge < -0.3 is 16.8 Å². The maximum Gasteiger partial charge on any atom is 0.236 e. The molecule has 0 saturated heterocycles. The van der Waals surface area contributed by atoms with E-state index in [9.17, 15) is 4.79 Å². The highest BCUT2D eigenvalue weighted by atomic mass is 32.2. The molecule has 5 heteroatoms. The Balaban J connectivity index is 3.42. The van der Waals surface area contributed by atoms with Crippen LogP contribution in [-0.4, -0.2) is 37.0 Å². The largest absolute Gasteiger partial charge is 0.355 e. The number of carbonyl (C=O) groups is 1. The van der Waals surface area contributed by atoms with Gasteiger partial charge in [0.1, 0.15) is 0 Å². The number of thioether (sulfide) groups is 1. The molecule has 1 amide bonds. The summed E-state index contributed by atoms with van der Waals surface area (Å²) in [5, 5.41) is 2.80. The van der Waals surface area contributed by atoms with Gasteiger partial charge in [0.2, 0.25) is 5.91 Å². The molecular formula is C9H21N3OS. The molecule has 0 bridgehead atoms. The van der Waals surface area contributed by atoms with Crippen molar-refractivity contribution in [3.63, 3.8) is 0 Å². The van der Waals surface area contributed by atoms with Gasteiger partial charge in [-0.25, -0.2) is 0 Å². The average molecular weight is 219 g/mol. The van der Waals surface area contributed by atoms with Crippen molar-refractivity contribution in [3.8, 4) is 0 Å². The monoisotopic (exact) mass is 219 g/mol. The van der Waals surface area contributed by atoms with Crippen LogP contribution in [0.2, 0.25) is 0 Å². The molecular weight excluding hydrogens is 198 g/mol. The van der Waals surface area contributed by atoms with Crippen molar-refractivity contribution in [2.24, 2.45) is 11.5 Å². The molecule has 14 heavy (non-hydrogen) atoms. The Morgan fingerprint density at radius 3 is 2.79 bits per heavy atom. The van der Waals surface area contributed by atoms with E-state index in [0.29, 0.717) is 13.1 Å². The zero-order chi connectivity index (χ0) is 10.8. The van der Waals surface area contributed by atoms with Gasteiger partial charge in [0.15, 0.2) is 0 Å². The summed E-state index contributed by atoms with van der Waals surface area (Å²) >= 11 is 1.70. The van der Waals surface area contributed by atoms with Crippen molar-refractivity contribution in [2.75, 3.05) is 25.1 Å². The van der Waals surface area contributed by atoms with Crippen LogP contribution in [0.15, 0.2) is 0 Å². The molecule has 0 fully saturated rings. The van der Waals surface area contributed by atoms with Gasteiger partial charge in [-0.2, -0.15) is 11.8 Å². The standard InChI is InChI=1S/C9H21N3OS/c1-14-7-4-8(11)9(13)12-6-3-2-5-10/h8H,2-7,10-11H2,1H3,(H,12,13)/t8-/m0/s1. The Morgan fingerprint density at radius 2 is 2.21 bits per heavy atom. The molecule has 84 valence electrons. The van der Waals surface area contributed by atoms with Crippen LogP contribution in [0.5, 0.6) is 0 Å². The van der Waals surface area contributed by atoms with Crippen LogP contribution in [0.1, 0.15) is 19.3 Å². The second kappa shape index (κ2) is 9.30. The quantitative estimate of drug-likeness (QED) is 0.499. The summed E-state index contributed by atoms with van der Waals surface area (Å²) in [7, 11) is 0. The Kier molecular flexibility index (Phi) is 9.13. The summed E-state index contributed by atoms with van der Waals surface area (Å²) in [6, 6.07) is -0.361. The minimum atomic E-state index is -0.361. The third-order valence-electron chi connectivity index (χ3n) is 1.90. The molecule has 0 aromatic carbocycles. The van der Waals surface area contributed by atoms with E-state index >= 15 is 0 Å². The molecule has 0 radical (unpaired) electrons. The van der Waals surface area contributed by atoms with Crippen LogP contribution in [0.4, 0.5) is 0 Å². The van der Waals surface area contributed by atoms with Gasteiger partial charge >= 0.3 is 0 Å². The van der Waals surface area contributed by atoms with Crippen LogP contribution in [0, 0.1) is 0 Å². The molecule has 4 nitrogen and oxygen atoms in total. The second-order valence-corrected chi connectivity index (χ2v) is 4.16. The predicted molar refractivity (Wildman–Crippen MR) is 62.3 cm³/mol. The summed E-state index contributed by atoms with van der Waals surface area (Å²) in [5.74, 6) is 0.883. The van der Waals surface area contributed by atoms with Crippen LogP contribution in [-0.2, 0) is 4.79 Å². The number of amides is 1. The highest BCUT2D eigenvalue weighted by Crippen LogP contribution is 1.98. The molecule has 0 spiro atoms. The van der Waals surface area contributed by atoms with Crippen molar-refractivity contribution in [1.82, 2.24) is 5.32 Å². The molecule has 0 rings (SSSR count). The number of nitrogens with two attached hydrogens (primary N) is 2. The highest BCUT2D eigenvalue weighted by Gasteiger charge is 2.11. The zero-order valence-electron chi connectivity index (χ0n) is 8.79. The molecule has 5 N–H and O–H groups in total. The number of hydrogen-bond acceptors (Lipinski definition) is 4. The molecule has 1 atom stereocenters. The van der Waals surface area contributed by atoms with E-state index in [1.807, 2.05) is 6.26 Å². The number of carbonyl (C=O) groups excluding carboxylic acids is 1. The van der Waals surface area contributed by atoms with Crippen LogP contribution < -0.4 is 16.8 Å². The maximum absolute atomic E-state index is 11.3. The Bertz CT molecular complexity index is 155. The van der Waals surface area contributed by atoms with E-state index in [2.05, 4.69) is 5.32 Å². The summed E-state index contributed by atoms with van der Waals surface area (Å²) < 4.78 is 0. The van der Waals surface area contributed by atoms with Gasteiger partial charge in [0.05, 0.1) is 6.04 Å². The summed E-state index contributed by atoms with van der Waals surface area (Å²) in [4.78, 5) is 11.3. The van der Waals surface area contributed by atoms with Gasteiger partial charge in [0, 0.05) is 6.54 Å². The first-order chi connectivity index (χ1) is 6.72. The van der Waals surface area contributed by atoms with Crippen molar-refractivity contribution >= 4 is 17.7 Å². The first kappa shape index (κ1) is 13.7. The van der Waals surface area contributed by atoms with Crippen molar-refractivity contribution in [1.29, 1.82) is 0 Å². The van der Waals surface area contributed by atoms with Crippen molar-refractivity contribution < 1.29 is 4.79 Å². The summed E-state index contributed by atoms with van der Waals surface area (Å²) in [6.07, 6.45) is 4.62. The van der Waals surface area contributed by atoms with Crippen LogP contribution in [0.25, 0.3) is 0 Å². The minimum Gasteiger partial charge on any atom is -0.355 e. The number of unbranched alkanes of at least 4 members (excludes halogenated alkanes) is 1. The van der Waals surface area contributed by atoms with E-state index in [4.69, 9.17) is 11.5 Å². The third-order valence-corrected chi connectivity index (χ3v) is 2.54. The fourth-order valence-corrected chi connectivity index (χ4v) is 1.48. The van der Waals surface area contributed by atoms with Crippen LogP contribution >= 0.6 is 11.8 Å². The molecule has 0 aliphatic rings. The molecule has 0 aliphatic carbocycles. The third kappa shape index (κ3) is 7.17. The molecule has 0 aromatic rings. The van der Waals surface area contributed by atoms with Gasteiger partial charge in [-0.05, 0) is 37.8 Å². The first-order valence-electron chi connectivity index (χ1n) is 4.94. The van der Waals surface area contributed by atoms with Crippen molar-refractivity contribution in [2.45, 2.75) is 25.3 Å². The van der Waals surface area contributed by atoms with E-state index < -0.39 is 0 Å². The normalized spacial score (nSPS) is 12.5. The summed E-state index contributed by atoms with van der Waals surface area (Å²) in [6.45, 7) is 1.36. The number of nitrogens with one attached hydrogen (secondary N) is 1. The maximum atomic E-state index is 11.3. The Hall–Kier alpha value is -0.260. The van der Waals surface area contributed by atoms with Gasteiger partial charge in [-0.3, -0.25) is 4.79 Å². The molecule has 0 unspecified atom stereocenters. The van der Waals surface area contributed by atoms with Gasteiger partial charge in [0.25, 0.3) is 0 Å². The molecule has 0 aromatic heterocycles. The Labute approximate surface area is 90.2 Å². The van der Waals surface area contributed by atoms with E-state index in [1.54, 1.807) is 11.8 Å². The SMILES string of the molecule is CSCC[C@H](N)C(=O)NCCCCN. The topological polar surface area (TPSA) is 81.1 Å². The second-order valence-electron chi connectivity index (χ2n) is 3.17. The molecule has 0 heterocycles. The molecule has 0 saturated carbocycles. The minimum absolute atomic E-state index is 0.0453. The first-order valence-corrected chi connectivity index (χ1v) is 6.34. The summed E-state index contributed by atoms with van der Waals surface area (Å²) in [5.41, 5.74) is 11.0. The van der Waals surface area contributed by atoms with E-state index in [-0.39, 0.29) is 11.9 Å². The van der Waals surface area contributed by atoms with E-state index in [1.165, 1.54) is 0 Å². The average Bonchev–Trinajstić information content (AvgIpc) is 2.20. The Morgan fingerprint density at radius 1 is 1.50 bits per heavy atom. The fourth-order valence-electron chi connectivity index (χ4n) is 0.988. The highest BCUT2D eigenvalue weighted by molar-refractivity contribution is 7.98.